The van der Waals surface area contributed by atoms with Gasteiger partial charge in [0.1, 0.15) is 18.0 Å². The molecule has 10 nitrogen and oxygen atoms in total. The van der Waals surface area contributed by atoms with Gasteiger partial charge in [-0.3, -0.25) is 14.7 Å². The quantitative estimate of drug-likeness (QED) is 0.209. The zero-order chi connectivity index (χ0) is 29.7. The zero-order valence-electron chi connectivity index (χ0n) is 24.9. The van der Waals surface area contributed by atoms with Crippen molar-refractivity contribution >= 4 is 29.2 Å². The van der Waals surface area contributed by atoms with Crippen LogP contribution in [0, 0.1) is 6.92 Å². The summed E-state index contributed by atoms with van der Waals surface area (Å²) in [7, 11) is 1.82. The second-order valence-corrected chi connectivity index (χ2v) is 11.4. The highest BCUT2D eigenvalue weighted by molar-refractivity contribution is 6.07. The Bertz CT molecular complexity index is 1580. The van der Waals surface area contributed by atoms with Gasteiger partial charge < -0.3 is 15.4 Å². The Labute approximate surface area is 246 Å². The summed E-state index contributed by atoms with van der Waals surface area (Å²) >= 11 is 0. The van der Waals surface area contributed by atoms with Crippen LogP contribution in [0.3, 0.4) is 0 Å². The van der Waals surface area contributed by atoms with Gasteiger partial charge in [-0.05, 0) is 42.3 Å². The molecule has 0 unspecified atom stereocenters. The molecular weight excluding hydrogens is 528 g/mol. The predicted octanol–water partition coefficient (Wildman–Crippen LogP) is 5.18. The number of morpholine rings is 1. The van der Waals surface area contributed by atoms with E-state index in [0.717, 1.165) is 60.3 Å². The predicted molar refractivity (Wildman–Crippen MR) is 166 cm³/mol. The molecule has 218 valence electrons. The molecule has 0 radical (unpaired) electrons. The van der Waals surface area contributed by atoms with Gasteiger partial charge in [0.05, 0.1) is 18.9 Å². The van der Waals surface area contributed by atoms with Gasteiger partial charge in [-0.1, -0.05) is 39.0 Å². The number of pyridine rings is 1. The second kappa shape index (κ2) is 12.6. The van der Waals surface area contributed by atoms with Crippen molar-refractivity contribution < 1.29 is 9.53 Å². The van der Waals surface area contributed by atoms with Gasteiger partial charge in [-0.2, -0.15) is 9.78 Å². The van der Waals surface area contributed by atoms with Crippen molar-refractivity contribution in [3.63, 3.8) is 0 Å². The zero-order valence-corrected chi connectivity index (χ0v) is 24.9. The second-order valence-electron chi connectivity index (χ2n) is 11.4. The Hall–Kier alpha value is -4.41. The summed E-state index contributed by atoms with van der Waals surface area (Å²) in [6, 6.07) is 13.5. The van der Waals surface area contributed by atoms with E-state index in [1.807, 2.05) is 62.5 Å². The fourth-order valence-electron chi connectivity index (χ4n) is 4.64. The molecule has 4 aromatic rings. The molecule has 2 N–H and O–H groups in total. The van der Waals surface area contributed by atoms with Crippen LogP contribution in [0.25, 0.3) is 11.9 Å². The maximum absolute atomic E-state index is 13.2. The van der Waals surface area contributed by atoms with E-state index in [0.29, 0.717) is 23.7 Å². The van der Waals surface area contributed by atoms with E-state index in [2.05, 4.69) is 51.3 Å². The van der Waals surface area contributed by atoms with Gasteiger partial charge in [0.25, 0.3) is 0 Å². The molecule has 1 fully saturated rings. The Morgan fingerprint density at radius 1 is 1.05 bits per heavy atom. The minimum Gasteiger partial charge on any atom is -0.379 e. The first-order chi connectivity index (χ1) is 20.2. The van der Waals surface area contributed by atoms with Crippen LogP contribution >= 0.6 is 0 Å². The van der Waals surface area contributed by atoms with E-state index in [1.165, 1.54) is 6.33 Å². The summed E-state index contributed by atoms with van der Waals surface area (Å²) in [5.74, 6) is 1.98. The van der Waals surface area contributed by atoms with Gasteiger partial charge in [-0.25, -0.2) is 9.97 Å². The molecule has 0 atom stereocenters. The van der Waals surface area contributed by atoms with Crippen molar-refractivity contribution in [2.45, 2.75) is 39.7 Å². The number of rotatable bonds is 9. The largest absolute Gasteiger partial charge is 0.379 e. The number of aromatic nitrogens is 5. The number of benzene rings is 1. The summed E-state index contributed by atoms with van der Waals surface area (Å²) in [6.45, 7) is 12.2. The van der Waals surface area contributed by atoms with Crippen LogP contribution in [0.1, 0.15) is 53.6 Å². The number of hydrogen-bond acceptors (Lipinski definition) is 9. The lowest BCUT2D eigenvalue weighted by Crippen LogP contribution is -2.35. The smallest absolute Gasteiger partial charge is 0.185 e. The maximum Gasteiger partial charge on any atom is 0.185 e. The van der Waals surface area contributed by atoms with E-state index < -0.39 is 0 Å². The molecule has 3 aromatic heterocycles. The van der Waals surface area contributed by atoms with Crippen molar-refractivity contribution in [3.05, 3.63) is 89.1 Å². The third kappa shape index (κ3) is 7.07. The Balaban J connectivity index is 1.41. The van der Waals surface area contributed by atoms with Crippen molar-refractivity contribution in [3.8, 4) is 5.82 Å². The summed E-state index contributed by atoms with van der Waals surface area (Å²) in [4.78, 5) is 28.7. The van der Waals surface area contributed by atoms with Gasteiger partial charge in [0, 0.05) is 67.4 Å². The number of hydrogen-bond donors (Lipinski definition) is 2. The van der Waals surface area contributed by atoms with Crippen molar-refractivity contribution in [2.24, 2.45) is 0 Å². The van der Waals surface area contributed by atoms with Crippen molar-refractivity contribution in [1.82, 2.24) is 29.6 Å². The molecule has 5 rings (SSSR count). The number of nitrogens with zero attached hydrogens (tertiary/aromatic N) is 6. The highest BCUT2D eigenvalue weighted by atomic mass is 16.5. The van der Waals surface area contributed by atoms with Crippen LogP contribution in [-0.4, -0.2) is 68.8 Å². The number of ketones is 1. The number of nitrogens with one attached hydrogen (secondary N) is 2. The van der Waals surface area contributed by atoms with Crippen LogP contribution < -0.4 is 10.6 Å². The summed E-state index contributed by atoms with van der Waals surface area (Å²) < 4.78 is 7.29. The molecule has 0 aliphatic carbocycles. The van der Waals surface area contributed by atoms with Crippen molar-refractivity contribution in [2.75, 3.05) is 44.0 Å². The number of carbonyl (C=O) groups is 1. The molecule has 0 saturated carbocycles. The van der Waals surface area contributed by atoms with Gasteiger partial charge in [-0.15, -0.1) is 0 Å². The first kappa shape index (κ1) is 29.1. The lowest BCUT2D eigenvalue weighted by atomic mass is 9.91. The number of carbonyl (C=O) groups excluding carboxylic acids is 1. The molecule has 0 bridgehead atoms. The minimum absolute atomic E-state index is 0.0691. The molecule has 1 aromatic carbocycles. The fraction of sp³-hybridized carbons (Fsp3) is 0.344. The SMILES string of the molecule is CNc1cc(-n2nc(CN3CCOCC3)cc2Nc2cc(C(=O)/C=C\c3ccnc(C(C)(C)C)c3)ccc2C)ncn1. The highest BCUT2D eigenvalue weighted by Crippen LogP contribution is 2.26. The molecule has 0 amide bonds. The molecule has 1 aliphatic heterocycles. The van der Waals surface area contributed by atoms with Crippen molar-refractivity contribution in [1.29, 1.82) is 0 Å². The lowest BCUT2D eigenvalue weighted by molar-refractivity contribution is 0.0336. The molecule has 42 heavy (non-hydrogen) atoms. The molecule has 4 heterocycles. The normalized spacial score (nSPS) is 14.3. The number of anilines is 3. The summed E-state index contributed by atoms with van der Waals surface area (Å²) in [6.07, 6.45) is 6.75. The summed E-state index contributed by atoms with van der Waals surface area (Å²) in [5, 5.41) is 11.5. The van der Waals surface area contributed by atoms with Gasteiger partial charge >= 0.3 is 0 Å². The first-order valence-electron chi connectivity index (χ1n) is 14.2. The van der Waals surface area contributed by atoms with E-state index in [9.17, 15) is 4.79 Å². The molecule has 10 heteroatoms. The van der Waals surface area contributed by atoms with Crippen LogP contribution in [0.2, 0.25) is 0 Å². The lowest BCUT2D eigenvalue weighted by Gasteiger charge is -2.25. The molecule has 1 aliphatic rings. The maximum atomic E-state index is 13.2. The Morgan fingerprint density at radius 2 is 1.86 bits per heavy atom. The average Bonchev–Trinajstić information content (AvgIpc) is 3.39. The molecule has 1 saturated heterocycles. The topological polar surface area (TPSA) is 110 Å². The van der Waals surface area contributed by atoms with E-state index in [-0.39, 0.29) is 11.2 Å². The Kier molecular flexibility index (Phi) is 8.75. The summed E-state index contributed by atoms with van der Waals surface area (Å²) in [5.41, 5.74) is 5.16. The van der Waals surface area contributed by atoms with Gasteiger partial charge in [0.15, 0.2) is 11.6 Å². The van der Waals surface area contributed by atoms with E-state index in [4.69, 9.17) is 9.84 Å². The number of aryl methyl sites for hydroxylation is 1. The van der Waals surface area contributed by atoms with E-state index in [1.54, 1.807) is 17.0 Å². The number of allylic oxidation sites excluding steroid dienone is 1. The minimum atomic E-state index is -0.0804. The molecule has 0 spiro atoms. The fourth-order valence-corrected chi connectivity index (χ4v) is 4.64. The number of ether oxygens (including phenoxy) is 1. The third-order valence-corrected chi connectivity index (χ3v) is 7.14. The van der Waals surface area contributed by atoms with E-state index >= 15 is 0 Å². The van der Waals surface area contributed by atoms with Crippen LogP contribution in [0.5, 0.6) is 0 Å². The van der Waals surface area contributed by atoms with Crippen LogP contribution in [0.15, 0.2) is 61.1 Å². The Morgan fingerprint density at radius 3 is 2.62 bits per heavy atom. The first-order valence-corrected chi connectivity index (χ1v) is 14.2. The highest BCUT2D eigenvalue weighted by Gasteiger charge is 2.18. The standard InChI is InChI=1S/C32H38N8O2/c1-22-6-8-24(27(41)9-7-23-10-11-34-28(16-23)32(2,3)4)17-26(22)37-31-18-25(20-39-12-14-42-15-13-39)38-40(31)30-19-29(33-5)35-21-36-30/h6-11,16-19,21,37H,12-15,20H2,1-5H3,(H,33,35,36)/b9-7-. The monoisotopic (exact) mass is 566 g/mol. The van der Waals surface area contributed by atoms with Crippen LogP contribution in [0.4, 0.5) is 17.3 Å². The van der Waals surface area contributed by atoms with Gasteiger partial charge in [0.2, 0.25) is 0 Å². The average molecular weight is 567 g/mol. The molecular formula is C32H38N8O2. The van der Waals surface area contributed by atoms with Crippen LogP contribution in [-0.2, 0) is 16.7 Å². The third-order valence-electron chi connectivity index (χ3n) is 7.14.